The Hall–Kier alpha value is -2.34. The van der Waals surface area contributed by atoms with Crippen molar-refractivity contribution in [3.63, 3.8) is 0 Å². The van der Waals surface area contributed by atoms with Crippen LogP contribution < -0.4 is 0 Å². The van der Waals surface area contributed by atoms with E-state index in [0.29, 0.717) is 32.6 Å². The van der Waals surface area contributed by atoms with Crippen molar-refractivity contribution in [3.8, 4) is 17.0 Å². The number of rotatable bonds is 5. The van der Waals surface area contributed by atoms with Crippen LogP contribution in [0.5, 0.6) is 5.75 Å². The molecule has 8 heteroatoms. The van der Waals surface area contributed by atoms with Crippen LogP contribution in [0.3, 0.4) is 0 Å². The number of aliphatic imine (C=N–C) groups is 1. The molecule has 132 valence electrons. The first-order valence-electron chi connectivity index (χ1n) is 7.46. The molecule has 1 aromatic heterocycles. The summed E-state index contributed by atoms with van der Waals surface area (Å²) in [7, 11) is 0. The van der Waals surface area contributed by atoms with Crippen LogP contribution in [-0.2, 0) is 0 Å². The zero-order chi connectivity index (χ0) is 18.7. The number of benzene rings is 2. The molecule has 0 aliphatic rings. The lowest BCUT2D eigenvalue weighted by atomic mass is 10.1. The zero-order valence-electron chi connectivity index (χ0n) is 13.2. The topological polar surface area (TPSA) is 78.3 Å². The van der Waals surface area contributed by atoms with Gasteiger partial charge in [0.2, 0.25) is 5.78 Å². The number of aromatic nitrogens is 2. The number of nitrogens with zero attached hydrogens (tertiary/aromatic N) is 2. The van der Waals surface area contributed by atoms with Gasteiger partial charge in [-0.1, -0.05) is 34.8 Å². The van der Waals surface area contributed by atoms with E-state index in [1.54, 1.807) is 36.4 Å². The fourth-order valence-corrected chi connectivity index (χ4v) is 2.92. The normalized spacial score (nSPS) is 11.2. The fourth-order valence-electron chi connectivity index (χ4n) is 2.22. The van der Waals surface area contributed by atoms with Gasteiger partial charge in [-0.15, -0.1) is 0 Å². The third-order valence-corrected chi connectivity index (χ3v) is 4.38. The van der Waals surface area contributed by atoms with E-state index in [-0.39, 0.29) is 23.1 Å². The predicted octanol–water partition coefficient (Wildman–Crippen LogP) is 5.04. The van der Waals surface area contributed by atoms with Crippen molar-refractivity contribution in [2.75, 3.05) is 6.54 Å². The number of phenols is 1. The van der Waals surface area contributed by atoms with Crippen LogP contribution in [0.2, 0.25) is 15.1 Å². The number of nitrogens with one attached hydrogen (secondary N) is 1. The summed E-state index contributed by atoms with van der Waals surface area (Å²) in [5.74, 6) is -0.235. The van der Waals surface area contributed by atoms with Gasteiger partial charge < -0.3 is 5.11 Å². The minimum atomic E-state index is -0.227. The van der Waals surface area contributed by atoms with Gasteiger partial charge in [-0.3, -0.25) is 14.9 Å². The van der Waals surface area contributed by atoms with Crippen molar-refractivity contribution in [2.45, 2.75) is 0 Å². The van der Waals surface area contributed by atoms with E-state index in [4.69, 9.17) is 34.8 Å². The molecule has 0 atom stereocenters. The average molecular weight is 409 g/mol. The number of hydrogen-bond acceptors (Lipinski definition) is 4. The predicted molar refractivity (Wildman–Crippen MR) is 104 cm³/mol. The molecule has 3 rings (SSSR count). The molecular weight excluding hydrogens is 397 g/mol. The Kier molecular flexibility index (Phi) is 5.61. The van der Waals surface area contributed by atoms with Crippen molar-refractivity contribution < 1.29 is 9.90 Å². The molecule has 2 aromatic carbocycles. The molecule has 0 saturated heterocycles. The van der Waals surface area contributed by atoms with E-state index < -0.39 is 0 Å². The summed E-state index contributed by atoms with van der Waals surface area (Å²) < 4.78 is 0. The van der Waals surface area contributed by atoms with E-state index in [0.717, 1.165) is 0 Å². The largest absolute Gasteiger partial charge is 0.506 e. The highest BCUT2D eigenvalue weighted by Gasteiger charge is 2.12. The Labute approximate surface area is 164 Å². The highest BCUT2D eigenvalue weighted by molar-refractivity contribution is 6.36. The molecule has 3 aromatic rings. The van der Waals surface area contributed by atoms with E-state index in [1.165, 1.54) is 12.3 Å². The van der Waals surface area contributed by atoms with Gasteiger partial charge in [0.15, 0.2) is 0 Å². The first-order valence-corrected chi connectivity index (χ1v) is 8.60. The maximum atomic E-state index is 12.2. The lowest BCUT2D eigenvalue weighted by Crippen LogP contribution is -2.04. The lowest BCUT2D eigenvalue weighted by Gasteiger charge is -2.00. The number of hydrogen-bond donors (Lipinski definition) is 2. The summed E-state index contributed by atoms with van der Waals surface area (Å²) in [6, 6.07) is 11.3. The second-order valence-corrected chi connectivity index (χ2v) is 6.65. The number of carbonyl (C=O) groups excluding carboxylic acids is 1. The monoisotopic (exact) mass is 407 g/mol. The van der Waals surface area contributed by atoms with E-state index >= 15 is 0 Å². The van der Waals surface area contributed by atoms with Gasteiger partial charge in [0.05, 0.1) is 15.7 Å². The van der Waals surface area contributed by atoms with Gasteiger partial charge in [-0.05, 0) is 48.0 Å². The van der Waals surface area contributed by atoms with Crippen molar-refractivity contribution in [3.05, 3.63) is 68.8 Å². The number of H-pyrrole nitrogens is 1. The van der Waals surface area contributed by atoms with Crippen LogP contribution in [-0.4, -0.2) is 33.8 Å². The molecule has 0 spiro atoms. The van der Waals surface area contributed by atoms with Crippen LogP contribution in [0.4, 0.5) is 0 Å². The Balaban J connectivity index is 1.70. The van der Waals surface area contributed by atoms with Gasteiger partial charge in [-0.2, -0.15) is 5.10 Å². The Bertz CT molecular complexity index is 999. The summed E-state index contributed by atoms with van der Waals surface area (Å²) >= 11 is 17.9. The summed E-state index contributed by atoms with van der Waals surface area (Å²) in [6.07, 6.45) is 1.51. The van der Waals surface area contributed by atoms with E-state index in [9.17, 15) is 9.90 Å². The molecule has 1 heterocycles. The number of Topliss-reactive ketones (excluding diaryl/α,β-unsaturated/α-hetero) is 1. The van der Waals surface area contributed by atoms with Gasteiger partial charge in [0.1, 0.15) is 18.0 Å². The molecule has 0 aliphatic heterocycles. The smallest absolute Gasteiger partial charge is 0.201 e. The number of halogens is 3. The second-order valence-electron chi connectivity index (χ2n) is 5.39. The summed E-state index contributed by atoms with van der Waals surface area (Å²) in [5, 5.41) is 17.4. The summed E-state index contributed by atoms with van der Waals surface area (Å²) in [5.41, 5.74) is 2.23. The maximum Gasteiger partial charge on any atom is 0.201 e. The van der Waals surface area contributed by atoms with Gasteiger partial charge in [-0.25, -0.2) is 0 Å². The number of aromatic amines is 1. The minimum absolute atomic E-state index is 0.00857. The summed E-state index contributed by atoms with van der Waals surface area (Å²) in [4.78, 5) is 16.3. The van der Waals surface area contributed by atoms with Crippen molar-refractivity contribution in [1.82, 2.24) is 10.2 Å². The molecule has 0 bridgehead atoms. The molecule has 0 fully saturated rings. The molecule has 0 radical (unpaired) electrons. The first-order chi connectivity index (χ1) is 12.4. The Morgan fingerprint density at radius 3 is 2.65 bits per heavy atom. The molecule has 26 heavy (non-hydrogen) atoms. The zero-order valence-corrected chi connectivity index (χ0v) is 15.5. The third kappa shape index (κ3) is 4.25. The molecule has 0 saturated carbocycles. The van der Waals surface area contributed by atoms with Crippen LogP contribution in [0.15, 0.2) is 47.5 Å². The minimum Gasteiger partial charge on any atom is -0.506 e. The SMILES string of the molecule is O=C(CN=Cc1ccc(O)c(Cl)c1)c1cc(-c2ccc(Cl)cc2Cl)n[nH]1. The van der Waals surface area contributed by atoms with Crippen LogP contribution in [0.25, 0.3) is 11.3 Å². The number of carbonyl (C=O) groups is 1. The number of aromatic hydroxyl groups is 1. The first kappa shape index (κ1) is 18.5. The van der Waals surface area contributed by atoms with Crippen molar-refractivity contribution >= 4 is 46.8 Å². The quantitative estimate of drug-likeness (QED) is 0.458. The second kappa shape index (κ2) is 7.91. The molecule has 5 nitrogen and oxygen atoms in total. The fraction of sp³-hybridized carbons (Fsp3) is 0.0556. The Morgan fingerprint density at radius 2 is 1.92 bits per heavy atom. The number of phenolic OH excluding ortho intramolecular Hbond substituents is 1. The highest BCUT2D eigenvalue weighted by atomic mass is 35.5. The molecule has 0 unspecified atom stereocenters. The van der Waals surface area contributed by atoms with Crippen LogP contribution in [0, 0.1) is 0 Å². The summed E-state index contributed by atoms with van der Waals surface area (Å²) in [6.45, 7) is -0.0610. The molecular formula is C18H12Cl3N3O2. The molecule has 0 aliphatic carbocycles. The maximum absolute atomic E-state index is 12.2. The molecule has 2 N–H and O–H groups in total. The van der Waals surface area contributed by atoms with Crippen LogP contribution in [0.1, 0.15) is 16.1 Å². The standard InChI is InChI=1S/C18H12Cl3N3O2/c19-11-2-3-12(13(20)6-11)15-7-16(24-23-15)18(26)9-22-8-10-1-4-17(25)14(21)5-10/h1-8,25H,9H2,(H,23,24). The highest BCUT2D eigenvalue weighted by Crippen LogP contribution is 2.29. The lowest BCUT2D eigenvalue weighted by molar-refractivity contribution is 0.0997. The van der Waals surface area contributed by atoms with E-state index in [2.05, 4.69) is 15.2 Å². The van der Waals surface area contributed by atoms with Gasteiger partial charge in [0, 0.05) is 16.8 Å². The van der Waals surface area contributed by atoms with Crippen molar-refractivity contribution in [2.24, 2.45) is 4.99 Å². The van der Waals surface area contributed by atoms with Crippen LogP contribution >= 0.6 is 34.8 Å². The molecule has 0 amide bonds. The average Bonchev–Trinajstić information content (AvgIpc) is 3.08. The number of ketones is 1. The third-order valence-electron chi connectivity index (χ3n) is 3.53. The van der Waals surface area contributed by atoms with Gasteiger partial charge in [0.25, 0.3) is 0 Å². The van der Waals surface area contributed by atoms with Gasteiger partial charge >= 0.3 is 0 Å². The van der Waals surface area contributed by atoms with E-state index in [1.807, 2.05) is 0 Å². The Morgan fingerprint density at radius 1 is 1.12 bits per heavy atom. The van der Waals surface area contributed by atoms with Crippen molar-refractivity contribution in [1.29, 1.82) is 0 Å².